The highest BCUT2D eigenvalue weighted by atomic mass is 32.2. The highest BCUT2D eigenvalue weighted by Gasteiger charge is 2.21. The summed E-state index contributed by atoms with van der Waals surface area (Å²) in [4.78, 5) is 15.3. The van der Waals surface area contributed by atoms with Crippen LogP contribution in [0.2, 0.25) is 0 Å². The van der Waals surface area contributed by atoms with Crippen molar-refractivity contribution < 1.29 is 13.2 Å². The molecule has 0 atom stereocenters. The third-order valence-electron chi connectivity index (χ3n) is 3.01. The van der Waals surface area contributed by atoms with E-state index in [2.05, 4.69) is 22.2 Å². The SMILES string of the molecule is C=CCNC(=O)NS(=O)(=O)c1cnccc1Nc1cccc(C)c1. The summed E-state index contributed by atoms with van der Waals surface area (Å²) < 4.78 is 26.8. The van der Waals surface area contributed by atoms with Crippen molar-refractivity contribution >= 4 is 27.4 Å². The van der Waals surface area contributed by atoms with E-state index < -0.39 is 16.1 Å². The van der Waals surface area contributed by atoms with Crippen LogP contribution in [0.3, 0.4) is 0 Å². The van der Waals surface area contributed by atoms with Gasteiger partial charge in [0.15, 0.2) is 0 Å². The number of aromatic nitrogens is 1. The molecule has 0 saturated carbocycles. The summed E-state index contributed by atoms with van der Waals surface area (Å²) in [5.74, 6) is 0. The Hall–Kier alpha value is -2.87. The number of sulfonamides is 1. The Bertz CT molecular complexity index is 850. The molecule has 0 saturated heterocycles. The number of hydrogen-bond donors (Lipinski definition) is 3. The summed E-state index contributed by atoms with van der Waals surface area (Å²) in [5.41, 5.74) is 2.08. The van der Waals surface area contributed by atoms with Gasteiger partial charge in [-0.1, -0.05) is 18.2 Å². The molecule has 2 rings (SSSR count). The molecule has 7 nitrogen and oxygen atoms in total. The zero-order valence-corrected chi connectivity index (χ0v) is 13.9. The van der Waals surface area contributed by atoms with E-state index in [1.807, 2.05) is 35.9 Å². The lowest BCUT2D eigenvalue weighted by Gasteiger charge is -2.13. The van der Waals surface area contributed by atoms with Crippen molar-refractivity contribution in [3.8, 4) is 0 Å². The first-order valence-corrected chi connectivity index (χ1v) is 8.60. The second kappa shape index (κ2) is 7.60. The standard InChI is InChI=1S/C16H18N4O3S/c1-3-8-18-16(21)20-24(22,23)15-11-17-9-7-14(15)19-13-6-4-5-12(2)10-13/h3-7,9-11H,1,8H2,2H3,(H,17,19)(H2,18,20,21). The van der Waals surface area contributed by atoms with Gasteiger partial charge < -0.3 is 10.6 Å². The maximum Gasteiger partial charge on any atom is 0.328 e. The van der Waals surface area contributed by atoms with E-state index in [4.69, 9.17) is 0 Å². The van der Waals surface area contributed by atoms with Gasteiger partial charge in [-0.3, -0.25) is 4.98 Å². The number of hydrogen-bond acceptors (Lipinski definition) is 5. The van der Waals surface area contributed by atoms with Gasteiger partial charge in [0, 0.05) is 24.6 Å². The van der Waals surface area contributed by atoms with Crippen molar-refractivity contribution in [2.75, 3.05) is 11.9 Å². The quantitative estimate of drug-likeness (QED) is 0.697. The number of carbonyl (C=O) groups excluding carboxylic acids is 1. The zero-order chi connectivity index (χ0) is 17.6. The smallest absolute Gasteiger partial charge is 0.328 e. The molecule has 24 heavy (non-hydrogen) atoms. The monoisotopic (exact) mass is 346 g/mol. The fourth-order valence-electron chi connectivity index (χ4n) is 1.95. The molecule has 0 spiro atoms. The average Bonchev–Trinajstić information content (AvgIpc) is 2.53. The van der Waals surface area contributed by atoms with Gasteiger partial charge in [-0.25, -0.2) is 17.9 Å². The van der Waals surface area contributed by atoms with Crippen molar-refractivity contribution in [3.63, 3.8) is 0 Å². The van der Waals surface area contributed by atoms with E-state index in [0.29, 0.717) is 5.69 Å². The molecule has 2 amide bonds. The van der Waals surface area contributed by atoms with Crippen LogP contribution in [0.1, 0.15) is 5.56 Å². The van der Waals surface area contributed by atoms with Crippen molar-refractivity contribution in [2.45, 2.75) is 11.8 Å². The van der Waals surface area contributed by atoms with Gasteiger partial charge in [0.25, 0.3) is 10.0 Å². The normalized spacial score (nSPS) is 10.7. The topological polar surface area (TPSA) is 100 Å². The molecular weight excluding hydrogens is 328 g/mol. The van der Waals surface area contributed by atoms with Gasteiger partial charge in [0.1, 0.15) is 4.90 Å². The minimum Gasteiger partial charge on any atom is -0.354 e. The molecule has 0 unspecified atom stereocenters. The molecule has 1 aromatic heterocycles. The first-order valence-electron chi connectivity index (χ1n) is 7.11. The molecule has 8 heteroatoms. The van der Waals surface area contributed by atoms with Crippen LogP contribution in [0, 0.1) is 6.92 Å². The molecule has 0 fully saturated rings. The van der Waals surface area contributed by atoms with E-state index >= 15 is 0 Å². The zero-order valence-electron chi connectivity index (χ0n) is 13.1. The van der Waals surface area contributed by atoms with Crippen LogP contribution >= 0.6 is 0 Å². The van der Waals surface area contributed by atoms with E-state index in [0.717, 1.165) is 11.3 Å². The van der Waals surface area contributed by atoms with Gasteiger partial charge in [-0.2, -0.15) is 0 Å². The molecule has 0 radical (unpaired) electrons. The highest BCUT2D eigenvalue weighted by molar-refractivity contribution is 7.90. The molecule has 0 aliphatic heterocycles. The lowest BCUT2D eigenvalue weighted by Crippen LogP contribution is -2.39. The first-order chi connectivity index (χ1) is 11.4. The molecule has 126 valence electrons. The van der Waals surface area contributed by atoms with Crippen molar-refractivity contribution in [3.05, 3.63) is 60.9 Å². The predicted molar refractivity (Wildman–Crippen MR) is 92.6 cm³/mol. The number of amides is 2. The van der Waals surface area contributed by atoms with Crippen LogP contribution in [0.15, 0.2) is 60.3 Å². The van der Waals surface area contributed by atoms with E-state index in [1.54, 1.807) is 0 Å². The van der Waals surface area contributed by atoms with Gasteiger partial charge >= 0.3 is 6.03 Å². The number of nitrogens with zero attached hydrogens (tertiary/aromatic N) is 1. The summed E-state index contributed by atoms with van der Waals surface area (Å²) in [7, 11) is -4.07. The van der Waals surface area contributed by atoms with Gasteiger partial charge in [0.05, 0.1) is 5.69 Å². The second-order valence-corrected chi connectivity index (χ2v) is 6.62. The number of urea groups is 1. The first kappa shape index (κ1) is 17.5. The average molecular weight is 346 g/mol. The largest absolute Gasteiger partial charge is 0.354 e. The number of rotatable bonds is 6. The molecular formula is C16H18N4O3S. The van der Waals surface area contributed by atoms with Crippen LogP contribution in [-0.4, -0.2) is 26.0 Å². The highest BCUT2D eigenvalue weighted by Crippen LogP contribution is 2.24. The lowest BCUT2D eigenvalue weighted by atomic mass is 10.2. The molecule has 1 aromatic carbocycles. The van der Waals surface area contributed by atoms with Crippen molar-refractivity contribution in [2.24, 2.45) is 0 Å². The minimum atomic E-state index is -4.07. The Morgan fingerprint density at radius 1 is 1.33 bits per heavy atom. The Balaban J connectivity index is 2.27. The Morgan fingerprint density at radius 3 is 2.83 bits per heavy atom. The van der Waals surface area contributed by atoms with Gasteiger partial charge in [-0.15, -0.1) is 6.58 Å². The number of anilines is 2. The fourth-order valence-corrected chi connectivity index (χ4v) is 2.99. The second-order valence-electron chi connectivity index (χ2n) is 4.97. The van der Waals surface area contributed by atoms with Crippen LogP contribution < -0.4 is 15.4 Å². The Kier molecular flexibility index (Phi) is 5.54. The van der Waals surface area contributed by atoms with E-state index in [9.17, 15) is 13.2 Å². The van der Waals surface area contributed by atoms with Crippen LogP contribution in [0.25, 0.3) is 0 Å². The number of carbonyl (C=O) groups is 1. The van der Waals surface area contributed by atoms with Gasteiger partial charge in [0.2, 0.25) is 0 Å². The van der Waals surface area contributed by atoms with Crippen LogP contribution in [0.5, 0.6) is 0 Å². The molecule has 1 heterocycles. The van der Waals surface area contributed by atoms with Gasteiger partial charge in [-0.05, 0) is 30.7 Å². The number of pyridine rings is 1. The summed E-state index contributed by atoms with van der Waals surface area (Å²) in [6.45, 7) is 5.53. The molecule has 2 aromatic rings. The maximum absolute atomic E-state index is 12.4. The molecule has 0 bridgehead atoms. The predicted octanol–water partition coefficient (Wildman–Crippen LogP) is 2.31. The van der Waals surface area contributed by atoms with Crippen molar-refractivity contribution in [1.82, 2.24) is 15.0 Å². The third kappa shape index (κ3) is 4.56. The summed E-state index contributed by atoms with van der Waals surface area (Å²) in [6, 6.07) is 8.17. The summed E-state index contributed by atoms with van der Waals surface area (Å²) in [5, 5.41) is 5.38. The molecule has 0 aliphatic carbocycles. The number of nitrogens with one attached hydrogen (secondary N) is 3. The number of benzene rings is 1. The Labute approximate surface area is 140 Å². The molecule has 0 aliphatic rings. The fraction of sp³-hybridized carbons (Fsp3) is 0.125. The van der Waals surface area contributed by atoms with Crippen LogP contribution in [-0.2, 0) is 10.0 Å². The molecule has 3 N–H and O–H groups in total. The Morgan fingerprint density at radius 2 is 2.12 bits per heavy atom. The summed E-state index contributed by atoms with van der Waals surface area (Å²) in [6.07, 6.45) is 4.09. The van der Waals surface area contributed by atoms with E-state index in [-0.39, 0.29) is 11.4 Å². The van der Waals surface area contributed by atoms with E-state index in [1.165, 1.54) is 24.5 Å². The third-order valence-corrected chi connectivity index (χ3v) is 4.36. The van der Waals surface area contributed by atoms with Crippen LogP contribution in [0.4, 0.5) is 16.2 Å². The lowest BCUT2D eigenvalue weighted by molar-refractivity contribution is 0.247. The minimum absolute atomic E-state index is 0.125. The van der Waals surface area contributed by atoms with Crippen molar-refractivity contribution in [1.29, 1.82) is 0 Å². The number of aryl methyl sites for hydroxylation is 1. The summed E-state index contributed by atoms with van der Waals surface area (Å²) >= 11 is 0. The maximum atomic E-state index is 12.4.